The maximum Gasteiger partial charge on any atom is 0.410 e. The van der Waals surface area contributed by atoms with Crippen molar-refractivity contribution in [3.05, 3.63) is 41.2 Å². The Morgan fingerprint density at radius 2 is 1.89 bits per heavy atom. The topological polar surface area (TPSA) is 111 Å². The van der Waals surface area contributed by atoms with Gasteiger partial charge in [-0.1, -0.05) is 6.07 Å². The number of carbonyl (C=O) groups excluding carboxylic acids is 1. The number of amides is 1. The Morgan fingerprint density at radius 1 is 1.20 bits per heavy atom. The van der Waals surface area contributed by atoms with Gasteiger partial charge in [0.05, 0.1) is 23.1 Å². The molecule has 192 valence electrons. The molecule has 1 N–H and O–H groups in total. The lowest BCUT2D eigenvalue weighted by Crippen LogP contribution is -2.42. The van der Waals surface area contributed by atoms with E-state index in [0.29, 0.717) is 37.4 Å². The third-order valence-corrected chi connectivity index (χ3v) is 6.46. The van der Waals surface area contributed by atoms with Gasteiger partial charge < -0.3 is 19.7 Å². The lowest BCUT2D eigenvalue weighted by molar-refractivity contribution is 0.0505. The van der Waals surface area contributed by atoms with E-state index in [0.717, 1.165) is 6.26 Å². The zero-order valence-electron chi connectivity index (χ0n) is 20.2. The number of anilines is 2. The van der Waals surface area contributed by atoms with Crippen LogP contribution in [0.3, 0.4) is 0 Å². The van der Waals surface area contributed by atoms with Crippen LogP contribution in [0, 0.1) is 18.6 Å². The second-order valence-corrected chi connectivity index (χ2v) is 11.1. The number of sulfone groups is 1. The van der Waals surface area contributed by atoms with Crippen LogP contribution >= 0.6 is 0 Å². The second-order valence-electron chi connectivity index (χ2n) is 8.79. The maximum absolute atomic E-state index is 14.6. The van der Waals surface area contributed by atoms with E-state index in [1.165, 1.54) is 18.5 Å². The maximum atomic E-state index is 14.6. The highest BCUT2D eigenvalue weighted by Gasteiger charge is 2.26. The Labute approximate surface area is 203 Å². The summed E-state index contributed by atoms with van der Waals surface area (Å²) in [6.07, 6.45) is 2.64. The molecule has 9 nitrogen and oxygen atoms in total. The van der Waals surface area contributed by atoms with Crippen LogP contribution < -0.4 is 10.1 Å². The number of ether oxygens (including phenoxy) is 2. The molecule has 1 aliphatic rings. The lowest BCUT2D eigenvalue weighted by Gasteiger charge is -2.32. The molecule has 3 rings (SSSR count). The van der Waals surface area contributed by atoms with E-state index in [1.54, 1.807) is 25.7 Å². The van der Waals surface area contributed by atoms with E-state index in [9.17, 15) is 22.0 Å². The minimum absolute atomic E-state index is 0.0227. The molecule has 0 radical (unpaired) electrons. The molecule has 0 bridgehead atoms. The Bertz CT molecular complexity index is 1170. The zero-order valence-corrected chi connectivity index (χ0v) is 21.0. The predicted molar refractivity (Wildman–Crippen MR) is 127 cm³/mol. The van der Waals surface area contributed by atoms with Crippen LogP contribution in [0.15, 0.2) is 18.5 Å². The molecule has 2 heterocycles. The van der Waals surface area contributed by atoms with Crippen LogP contribution in [0.2, 0.25) is 0 Å². The number of nitrogens with one attached hydrogen (secondary N) is 1. The van der Waals surface area contributed by atoms with Gasteiger partial charge in [-0.05, 0) is 38.8 Å². The Kier molecular flexibility index (Phi) is 8.47. The molecular weight excluding hydrogens is 482 g/mol. The van der Waals surface area contributed by atoms with Gasteiger partial charge in [0, 0.05) is 32.2 Å². The Balaban J connectivity index is 1.66. The summed E-state index contributed by atoms with van der Waals surface area (Å²) in [6.45, 7) is 6.26. The third kappa shape index (κ3) is 7.23. The summed E-state index contributed by atoms with van der Waals surface area (Å²) in [5.41, 5.74) is 0.343. The minimum Gasteiger partial charge on any atom is -0.474 e. The van der Waals surface area contributed by atoms with Crippen molar-refractivity contribution in [2.45, 2.75) is 52.2 Å². The molecule has 0 unspecified atom stereocenters. The molecule has 2 aromatic rings. The van der Waals surface area contributed by atoms with Crippen LogP contribution in [-0.2, 0) is 21.0 Å². The molecule has 0 spiro atoms. The van der Waals surface area contributed by atoms with E-state index in [4.69, 9.17) is 9.47 Å². The number of aromatic nitrogens is 2. The average Bonchev–Trinajstić information content (AvgIpc) is 2.78. The number of hydrogen-bond donors (Lipinski definition) is 1. The number of benzene rings is 1. The second kappa shape index (κ2) is 11.1. The fraction of sp³-hybridized carbons (Fsp3) is 0.522. The number of carbonyl (C=O) groups is 1. The summed E-state index contributed by atoms with van der Waals surface area (Å²) in [5.74, 6) is -1.96. The summed E-state index contributed by atoms with van der Waals surface area (Å²) >= 11 is 0. The van der Waals surface area contributed by atoms with Gasteiger partial charge >= 0.3 is 6.09 Å². The molecule has 1 fully saturated rings. The number of hydrogen-bond acceptors (Lipinski definition) is 8. The molecule has 0 atom stereocenters. The first-order valence-electron chi connectivity index (χ1n) is 11.3. The molecule has 1 saturated heterocycles. The van der Waals surface area contributed by atoms with E-state index < -0.39 is 21.5 Å². The van der Waals surface area contributed by atoms with Crippen LogP contribution in [0.1, 0.15) is 37.8 Å². The standard InChI is InChI=1S/C23H30F2N4O5S/c1-14(2)33-23(30)29-10-7-17(8-11-29)34-22-15(3)21(26-13-27-22)28-18-6-5-16(19(24)20(18)25)9-12-35(4,31)32/h5-6,13-14,17H,7-12H2,1-4H3,(H,26,27,28). The number of piperidine rings is 1. The SMILES string of the molecule is Cc1c(Nc2ccc(CCS(C)(=O)=O)c(F)c2F)ncnc1OC1CCN(C(=O)OC(C)C)CC1. The van der Waals surface area contributed by atoms with Gasteiger partial charge in [0.25, 0.3) is 0 Å². The fourth-order valence-electron chi connectivity index (χ4n) is 3.57. The summed E-state index contributed by atoms with van der Waals surface area (Å²) < 4.78 is 63.0. The van der Waals surface area contributed by atoms with Gasteiger partial charge in [0.15, 0.2) is 11.6 Å². The molecule has 12 heteroatoms. The first-order valence-corrected chi connectivity index (χ1v) is 13.4. The molecule has 0 saturated carbocycles. The predicted octanol–water partition coefficient (Wildman–Crippen LogP) is 3.78. The molecular formula is C23H30F2N4O5S. The Hall–Kier alpha value is -3.02. The first kappa shape index (κ1) is 26.6. The first-order chi connectivity index (χ1) is 16.4. The van der Waals surface area contributed by atoms with Crippen LogP contribution in [0.4, 0.5) is 25.1 Å². The van der Waals surface area contributed by atoms with Crippen molar-refractivity contribution in [2.24, 2.45) is 0 Å². The highest BCUT2D eigenvalue weighted by atomic mass is 32.2. The summed E-state index contributed by atoms with van der Waals surface area (Å²) in [6, 6.07) is 2.68. The number of rotatable bonds is 8. The highest BCUT2D eigenvalue weighted by Crippen LogP contribution is 2.29. The van der Waals surface area contributed by atoms with E-state index in [1.807, 2.05) is 0 Å². The normalized spacial score (nSPS) is 14.8. The average molecular weight is 513 g/mol. The largest absolute Gasteiger partial charge is 0.474 e. The van der Waals surface area contributed by atoms with Crippen molar-refractivity contribution in [1.29, 1.82) is 0 Å². The van der Waals surface area contributed by atoms with Crippen LogP contribution in [0.5, 0.6) is 5.88 Å². The van der Waals surface area contributed by atoms with Gasteiger partial charge in [0.2, 0.25) is 5.88 Å². The monoisotopic (exact) mass is 512 g/mol. The smallest absolute Gasteiger partial charge is 0.410 e. The third-order valence-electron chi connectivity index (χ3n) is 5.51. The fourth-order valence-corrected chi connectivity index (χ4v) is 4.16. The summed E-state index contributed by atoms with van der Waals surface area (Å²) in [4.78, 5) is 22.0. The van der Waals surface area contributed by atoms with Gasteiger partial charge in [-0.3, -0.25) is 0 Å². The lowest BCUT2D eigenvalue weighted by atomic mass is 10.1. The molecule has 1 aromatic carbocycles. The molecule has 1 aliphatic heterocycles. The molecule has 35 heavy (non-hydrogen) atoms. The van der Waals surface area contributed by atoms with Crippen molar-refractivity contribution >= 4 is 27.4 Å². The number of aryl methyl sites for hydroxylation is 1. The number of halogens is 2. The quantitative estimate of drug-likeness (QED) is 0.569. The van der Waals surface area contributed by atoms with Crippen molar-refractivity contribution in [3.8, 4) is 5.88 Å². The summed E-state index contributed by atoms with van der Waals surface area (Å²) in [7, 11) is -3.31. The van der Waals surface area contributed by atoms with Gasteiger partial charge in [-0.25, -0.2) is 32.0 Å². The van der Waals surface area contributed by atoms with Crippen molar-refractivity contribution < 1.29 is 31.5 Å². The van der Waals surface area contributed by atoms with Crippen LogP contribution in [-0.4, -0.2) is 66.7 Å². The van der Waals surface area contributed by atoms with Crippen LogP contribution in [0.25, 0.3) is 0 Å². The minimum atomic E-state index is -3.31. The zero-order chi connectivity index (χ0) is 25.8. The van der Waals surface area contributed by atoms with Crippen molar-refractivity contribution in [2.75, 3.05) is 30.4 Å². The van der Waals surface area contributed by atoms with Gasteiger partial charge in [-0.2, -0.15) is 0 Å². The van der Waals surface area contributed by atoms with Gasteiger partial charge in [0.1, 0.15) is 28.1 Å². The van der Waals surface area contributed by atoms with Crippen molar-refractivity contribution in [1.82, 2.24) is 14.9 Å². The van der Waals surface area contributed by atoms with E-state index in [2.05, 4.69) is 15.3 Å². The highest BCUT2D eigenvalue weighted by molar-refractivity contribution is 7.90. The summed E-state index contributed by atoms with van der Waals surface area (Å²) in [5, 5.41) is 2.76. The Morgan fingerprint density at radius 3 is 2.51 bits per heavy atom. The van der Waals surface area contributed by atoms with E-state index >= 15 is 0 Å². The molecule has 1 amide bonds. The van der Waals surface area contributed by atoms with Gasteiger partial charge in [-0.15, -0.1) is 0 Å². The molecule has 1 aromatic heterocycles. The van der Waals surface area contributed by atoms with E-state index in [-0.39, 0.29) is 47.5 Å². The number of nitrogens with zero attached hydrogens (tertiary/aromatic N) is 3. The van der Waals surface area contributed by atoms with Crippen molar-refractivity contribution in [3.63, 3.8) is 0 Å². The number of likely N-dealkylation sites (tertiary alicyclic amines) is 1. The molecule has 0 aliphatic carbocycles.